The van der Waals surface area contributed by atoms with Crippen LogP contribution in [0.15, 0.2) is 54.6 Å². The van der Waals surface area contributed by atoms with Crippen molar-refractivity contribution in [3.8, 4) is 11.3 Å². The monoisotopic (exact) mass is 463 g/mol. The van der Waals surface area contributed by atoms with Gasteiger partial charge in [0.1, 0.15) is 12.4 Å². The van der Waals surface area contributed by atoms with Gasteiger partial charge in [0, 0.05) is 31.9 Å². The van der Waals surface area contributed by atoms with Crippen molar-refractivity contribution in [2.24, 2.45) is 0 Å². The van der Waals surface area contributed by atoms with Crippen LogP contribution in [0.25, 0.3) is 11.3 Å². The smallest absolute Gasteiger partial charge is 0.340 e. The van der Waals surface area contributed by atoms with Crippen LogP contribution in [-0.4, -0.2) is 54.1 Å². The highest BCUT2D eigenvalue weighted by atomic mass is 19.1. The minimum absolute atomic E-state index is 0.0288. The van der Waals surface area contributed by atoms with Crippen LogP contribution in [0, 0.1) is 19.7 Å². The molecular formula is C27H30FN3O3. The van der Waals surface area contributed by atoms with E-state index >= 15 is 0 Å². The molecule has 0 atom stereocenters. The maximum absolute atomic E-state index is 14.2. The fourth-order valence-corrected chi connectivity index (χ4v) is 4.71. The molecule has 1 fully saturated rings. The quantitative estimate of drug-likeness (QED) is 0.508. The lowest BCUT2D eigenvalue weighted by molar-refractivity contribution is -0.132. The van der Waals surface area contributed by atoms with Crippen molar-refractivity contribution in [1.82, 2.24) is 9.47 Å². The molecule has 0 bridgehead atoms. The summed E-state index contributed by atoms with van der Waals surface area (Å²) in [6.45, 7) is 8.10. The van der Waals surface area contributed by atoms with E-state index in [1.165, 1.54) is 6.07 Å². The first-order chi connectivity index (χ1) is 16.4. The first kappa shape index (κ1) is 23.5. The number of halogens is 1. The fourth-order valence-electron chi connectivity index (χ4n) is 4.71. The Morgan fingerprint density at radius 2 is 1.59 bits per heavy atom. The molecule has 0 unspecified atom stereocenters. The molecule has 0 N–H and O–H groups in total. The summed E-state index contributed by atoms with van der Waals surface area (Å²) in [7, 11) is 0. The van der Waals surface area contributed by atoms with Crippen molar-refractivity contribution < 1.29 is 18.7 Å². The predicted octanol–water partition coefficient (Wildman–Crippen LogP) is 4.44. The number of rotatable bonds is 6. The Labute approximate surface area is 199 Å². The van der Waals surface area contributed by atoms with Gasteiger partial charge >= 0.3 is 5.97 Å². The molecule has 1 saturated heterocycles. The second kappa shape index (κ2) is 10.1. The summed E-state index contributed by atoms with van der Waals surface area (Å²) >= 11 is 0. The molecule has 0 radical (unpaired) electrons. The van der Waals surface area contributed by atoms with Crippen molar-refractivity contribution in [3.05, 3.63) is 77.2 Å². The lowest BCUT2D eigenvalue weighted by atomic mass is 10.1. The molecule has 1 aliphatic rings. The number of para-hydroxylation sites is 1. The van der Waals surface area contributed by atoms with E-state index in [2.05, 4.69) is 0 Å². The number of esters is 1. The van der Waals surface area contributed by atoms with Gasteiger partial charge in [-0.25, -0.2) is 9.18 Å². The third-order valence-electron chi connectivity index (χ3n) is 6.41. The molecule has 1 aliphatic heterocycles. The summed E-state index contributed by atoms with van der Waals surface area (Å²) in [5.74, 6) is -0.655. The van der Waals surface area contributed by atoms with Crippen LogP contribution in [0.5, 0.6) is 0 Å². The number of carbonyl (C=O) groups is 2. The summed E-state index contributed by atoms with van der Waals surface area (Å²) in [5, 5.41) is 0. The Kier molecular flexibility index (Phi) is 7.01. The number of amides is 1. The van der Waals surface area contributed by atoms with E-state index in [0.29, 0.717) is 43.1 Å². The number of aromatic nitrogens is 1. The topological polar surface area (TPSA) is 54.8 Å². The Morgan fingerprint density at radius 3 is 2.24 bits per heavy atom. The summed E-state index contributed by atoms with van der Waals surface area (Å²) in [5.41, 5.74) is 4.39. The Bertz CT molecular complexity index is 1180. The number of carbonyl (C=O) groups excluding carboxylic acids is 2. The van der Waals surface area contributed by atoms with Gasteiger partial charge < -0.3 is 19.1 Å². The summed E-state index contributed by atoms with van der Waals surface area (Å²) in [4.78, 5) is 29.8. The second-order valence-corrected chi connectivity index (χ2v) is 8.43. The second-order valence-electron chi connectivity index (χ2n) is 8.43. The number of anilines is 1. The van der Waals surface area contributed by atoms with Crippen molar-refractivity contribution in [3.63, 3.8) is 0 Å². The molecule has 3 aromatic rings. The van der Waals surface area contributed by atoms with Crippen molar-refractivity contribution in [2.75, 3.05) is 37.7 Å². The Morgan fingerprint density at radius 1 is 0.941 bits per heavy atom. The minimum Gasteiger partial charge on any atom is -0.462 e. The number of benzene rings is 2. The number of nitrogens with zero attached hydrogens (tertiary/aromatic N) is 3. The highest BCUT2D eigenvalue weighted by molar-refractivity contribution is 5.95. The average molecular weight is 464 g/mol. The summed E-state index contributed by atoms with van der Waals surface area (Å²) in [6.07, 6.45) is 0. The first-order valence-corrected chi connectivity index (χ1v) is 11.6. The highest BCUT2D eigenvalue weighted by Crippen LogP contribution is 2.32. The lowest BCUT2D eigenvalue weighted by Gasteiger charge is -2.36. The molecule has 7 heteroatoms. The third kappa shape index (κ3) is 4.55. The van der Waals surface area contributed by atoms with Crippen LogP contribution in [0.2, 0.25) is 0 Å². The van der Waals surface area contributed by atoms with Gasteiger partial charge in [-0.05, 0) is 44.0 Å². The molecule has 2 heterocycles. The van der Waals surface area contributed by atoms with Gasteiger partial charge in [0.25, 0.3) is 0 Å². The van der Waals surface area contributed by atoms with E-state index in [1.807, 2.05) is 64.6 Å². The molecule has 0 aliphatic carbocycles. The van der Waals surface area contributed by atoms with Gasteiger partial charge in [0.05, 0.1) is 23.6 Å². The minimum atomic E-state index is -0.376. The lowest BCUT2D eigenvalue weighted by Crippen LogP contribution is -2.49. The van der Waals surface area contributed by atoms with Crippen LogP contribution in [-0.2, 0) is 16.1 Å². The zero-order chi connectivity index (χ0) is 24.2. The van der Waals surface area contributed by atoms with Gasteiger partial charge in [0.15, 0.2) is 0 Å². The molecular weight excluding hydrogens is 433 g/mol. The van der Waals surface area contributed by atoms with E-state index in [-0.39, 0.29) is 30.8 Å². The maximum atomic E-state index is 14.2. The zero-order valence-corrected chi connectivity index (χ0v) is 19.9. The Balaban J connectivity index is 1.57. The maximum Gasteiger partial charge on any atom is 0.340 e. The van der Waals surface area contributed by atoms with Gasteiger partial charge in [0.2, 0.25) is 5.91 Å². The van der Waals surface area contributed by atoms with E-state index in [0.717, 1.165) is 16.8 Å². The van der Waals surface area contributed by atoms with E-state index in [1.54, 1.807) is 19.1 Å². The normalized spacial score (nSPS) is 13.8. The molecule has 2 aromatic carbocycles. The highest BCUT2D eigenvalue weighted by Gasteiger charge is 2.28. The van der Waals surface area contributed by atoms with E-state index in [9.17, 15) is 14.0 Å². The zero-order valence-electron chi connectivity index (χ0n) is 19.9. The van der Waals surface area contributed by atoms with Crippen LogP contribution in [0.4, 0.5) is 10.1 Å². The molecule has 4 rings (SSSR count). The van der Waals surface area contributed by atoms with Gasteiger partial charge in [-0.2, -0.15) is 0 Å². The van der Waals surface area contributed by atoms with Crippen LogP contribution >= 0.6 is 0 Å². The number of hydrogen-bond acceptors (Lipinski definition) is 4. The van der Waals surface area contributed by atoms with E-state index in [4.69, 9.17) is 4.74 Å². The molecule has 1 aromatic heterocycles. The summed E-state index contributed by atoms with van der Waals surface area (Å²) in [6, 6.07) is 16.5. The van der Waals surface area contributed by atoms with Gasteiger partial charge in [-0.1, -0.05) is 42.5 Å². The average Bonchev–Trinajstić information content (AvgIpc) is 3.09. The van der Waals surface area contributed by atoms with Crippen molar-refractivity contribution in [2.45, 2.75) is 27.3 Å². The number of hydrogen-bond donors (Lipinski definition) is 0. The van der Waals surface area contributed by atoms with Crippen LogP contribution in [0.3, 0.4) is 0 Å². The molecule has 34 heavy (non-hydrogen) atoms. The summed E-state index contributed by atoms with van der Waals surface area (Å²) < 4.78 is 21.4. The third-order valence-corrected chi connectivity index (χ3v) is 6.41. The van der Waals surface area contributed by atoms with Crippen LogP contribution in [0.1, 0.15) is 28.5 Å². The van der Waals surface area contributed by atoms with Gasteiger partial charge in [-0.3, -0.25) is 4.79 Å². The molecule has 0 spiro atoms. The SMILES string of the molecule is CCOC(=O)c1c(C)c(-c2ccccc2)n(CC(=O)N2CCN(c3ccccc3F)CC2)c1C. The van der Waals surface area contributed by atoms with Crippen molar-refractivity contribution >= 4 is 17.6 Å². The molecule has 178 valence electrons. The standard InChI is InChI=1S/C27H30FN3O3/c1-4-34-27(33)25-19(2)26(21-10-6-5-7-11-21)31(20(25)3)18-24(32)30-16-14-29(15-17-30)23-13-9-8-12-22(23)28/h5-13H,4,14-18H2,1-3H3. The largest absolute Gasteiger partial charge is 0.462 e. The molecule has 1 amide bonds. The Hall–Kier alpha value is -3.61. The predicted molar refractivity (Wildman–Crippen MR) is 130 cm³/mol. The number of piperazine rings is 1. The van der Waals surface area contributed by atoms with E-state index < -0.39 is 0 Å². The first-order valence-electron chi connectivity index (χ1n) is 11.6. The molecule has 0 saturated carbocycles. The fraction of sp³-hybridized carbons (Fsp3) is 0.333. The van der Waals surface area contributed by atoms with Crippen molar-refractivity contribution in [1.29, 1.82) is 0 Å². The van der Waals surface area contributed by atoms with Crippen LogP contribution < -0.4 is 4.90 Å². The van der Waals surface area contributed by atoms with Gasteiger partial charge in [-0.15, -0.1) is 0 Å². The molecule has 6 nitrogen and oxygen atoms in total. The number of ether oxygens (including phenoxy) is 1.